The molecule has 0 spiro atoms. The van der Waals surface area contributed by atoms with E-state index in [4.69, 9.17) is 0 Å². The summed E-state index contributed by atoms with van der Waals surface area (Å²) in [6, 6.07) is 0. The molecule has 2 nitrogen and oxygen atoms in total. The van der Waals surface area contributed by atoms with Crippen LogP contribution < -0.4 is 0 Å². The quantitative estimate of drug-likeness (QED) is 0.399. The fraction of sp³-hybridized carbons (Fsp3) is 0.800. The largest absolute Gasteiger partial charge is 0.302 e. The van der Waals surface area contributed by atoms with Gasteiger partial charge >= 0.3 is 0 Å². The van der Waals surface area contributed by atoms with Gasteiger partial charge < -0.3 is 4.79 Å². The molecular weight excluding hydrogens is 272 g/mol. The molecule has 0 radical (unpaired) electrons. The molecule has 22 heavy (non-hydrogen) atoms. The van der Waals surface area contributed by atoms with Crippen molar-refractivity contribution in [2.24, 2.45) is 28.1 Å². The number of aldehydes is 1. The predicted octanol–water partition coefficient (Wildman–Crippen LogP) is 4.72. The topological polar surface area (TPSA) is 34.1 Å². The van der Waals surface area contributed by atoms with Crippen molar-refractivity contribution in [2.75, 3.05) is 0 Å². The zero-order chi connectivity index (χ0) is 16.2. The number of ketones is 1. The number of rotatable bonds is 1. The smallest absolute Gasteiger partial charge is 0.150 e. The van der Waals surface area contributed by atoms with Crippen LogP contribution in [0.4, 0.5) is 0 Å². The Morgan fingerprint density at radius 2 is 1.86 bits per heavy atom. The molecule has 4 unspecified atom stereocenters. The van der Waals surface area contributed by atoms with Crippen LogP contribution in [0, 0.1) is 28.1 Å². The van der Waals surface area contributed by atoms with Crippen molar-refractivity contribution in [1.29, 1.82) is 0 Å². The van der Waals surface area contributed by atoms with E-state index in [0.29, 0.717) is 17.8 Å². The Labute approximate surface area is 134 Å². The maximum atomic E-state index is 12.9. The summed E-state index contributed by atoms with van der Waals surface area (Å²) in [5, 5.41) is 0. The van der Waals surface area contributed by atoms with Crippen molar-refractivity contribution < 1.29 is 9.59 Å². The van der Waals surface area contributed by atoms with E-state index in [-0.39, 0.29) is 17.1 Å². The molecule has 0 N–H and O–H groups in total. The van der Waals surface area contributed by atoms with E-state index in [9.17, 15) is 9.59 Å². The van der Waals surface area contributed by atoms with Gasteiger partial charge in [0.25, 0.3) is 0 Å². The van der Waals surface area contributed by atoms with Crippen molar-refractivity contribution in [2.45, 2.75) is 72.6 Å². The van der Waals surface area contributed by atoms with Crippen LogP contribution in [0.2, 0.25) is 0 Å². The molecule has 3 aliphatic carbocycles. The van der Waals surface area contributed by atoms with Gasteiger partial charge in [-0.05, 0) is 61.7 Å². The Morgan fingerprint density at radius 1 is 1.14 bits per heavy atom. The molecule has 4 atom stereocenters. The average Bonchev–Trinajstić information content (AvgIpc) is 2.56. The van der Waals surface area contributed by atoms with Crippen molar-refractivity contribution in [3.05, 3.63) is 11.6 Å². The van der Waals surface area contributed by atoms with E-state index in [0.717, 1.165) is 31.1 Å². The number of carbonyl (C=O) groups is 2. The van der Waals surface area contributed by atoms with Crippen molar-refractivity contribution in [3.8, 4) is 0 Å². The lowest BCUT2D eigenvalue weighted by Crippen LogP contribution is -2.58. The minimum absolute atomic E-state index is 0.123. The molecule has 0 heterocycles. The first-order valence-corrected chi connectivity index (χ1v) is 8.91. The fourth-order valence-corrected chi connectivity index (χ4v) is 6.28. The molecule has 2 heteroatoms. The number of Topliss-reactive ketones (excluding diaryl/α,β-unsaturated/α-hetero) is 1. The Hall–Kier alpha value is -0.920. The molecule has 122 valence electrons. The summed E-state index contributed by atoms with van der Waals surface area (Å²) in [7, 11) is 0. The Morgan fingerprint density at radius 3 is 2.55 bits per heavy atom. The third kappa shape index (κ3) is 2.06. The monoisotopic (exact) mass is 302 g/mol. The van der Waals surface area contributed by atoms with Gasteiger partial charge in [0.15, 0.2) is 0 Å². The Kier molecular flexibility index (Phi) is 3.66. The van der Waals surface area contributed by atoms with Gasteiger partial charge in [0.1, 0.15) is 12.1 Å². The van der Waals surface area contributed by atoms with E-state index >= 15 is 0 Å². The molecular formula is C20H30O2. The molecule has 0 saturated heterocycles. The summed E-state index contributed by atoms with van der Waals surface area (Å²) in [6.45, 7) is 9.20. The lowest BCUT2D eigenvalue weighted by molar-refractivity contribution is -0.162. The van der Waals surface area contributed by atoms with Crippen LogP contribution in [0.25, 0.3) is 0 Å². The number of allylic oxidation sites excluding steroid dienone is 2. The molecule has 3 rings (SSSR count). The lowest BCUT2D eigenvalue weighted by Gasteiger charge is -2.61. The Bertz CT molecular complexity index is 530. The third-order valence-corrected chi connectivity index (χ3v) is 7.41. The van der Waals surface area contributed by atoms with Crippen LogP contribution in [0.3, 0.4) is 0 Å². The van der Waals surface area contributed by atoms with Gasteiger partial charge in [-0.2, -0.15) is 0 Å². The minimum Gasteiger partial charge on any atom is -0.302 e. The van der Waals surface area contributed by atoms with Crippen LogP contribution >= 0.6 is 0 Å². The van der Waals surface area contributed by atoms with E-state index < -0.39 is 5.41 Å². The molecule has 2 saturated carbocycles. The number of carbonyl (C=O) groups excluding carboxylic acids is 2. The van der Waals surface area contributed by atoms with Gasteiger partial charge in [0, 0.05) is 6.42 Å². The molecule has 0 bridgehead atoms. The normalized spacial score (nSPS) is 44.4. The molecule has 0 aromatic carbocycles. The number of fused-ring (bicyclic) bond motifs is 3. The maximum Gasteiger partial charge on any atom is 0.150 e. The van der Waals surface area contributed by atoms with Gasteiger partial charge in [0.2, 0.25) is 0 Å². The predicted molar refractivity (Wildman–Crippen MR) is 88.4 cm³/mol. The lowest BCUT2D eigenvalue weighted by atomic mass is 9.42. The molecule has 0 amide bonds. The highest BCUT2D eigenvalue weighted by Crippen LogP contribution is 2.65. The van der Waals surface area contributed by atoms with Gasteiger partial charge in [0.05, 0.1) is 5.41 Å². The first-order valence-electron chi connectivity index (χ1n) is 8.91. The second-order valence-electron chi connectivity index (χ2n) is 9.04. The second-order valence-corrected chi connectivity index (χ2v) is 9.04. The Balaban J connectivity index is 2.10. The second kappa shape index (κ2) is 5.04. The summed E-state index contributed by atoms with van der Waals surface area (Å²) in [5.74, 6) is 1.01. The standard InChI is InChI=1S/C20H30O2/c1-14-6-7-16-19(4)10-5-9-18(2,3)15(19)8-11-20(16,13-21)17(22)12-14/h6,13,15-16H,5,7-12H2,1-4H3. The fourth-order valence-electron chi connectivity index (χ4n) is 6.28. The van der Waals surface area contributed by atoms with Crippen LogP contribution in [0.5, 0.6) is 0 Å². The number of hydrogen-bond donors (Lipinski definition) is 0. The summed E-state index contributed by atoms with van der Waals surface area (Å²) in [4.78, 5) is 25.0. The van der Waals surface area contributed by atoms with Crippen molar-refractivity contribution in [3.63, 3.8) is 0 Å². The first kappa shape index (κ1) is 16.0. The maximum absolute atomic E-state index is 12.9. The molecule has 2 fully saturated rings. The van der Waals surface area contributed by atoms with E-state index in [2.05, 4.69) is 26.8 Å². The summed E-state index contributed by atoms with van der Waals surface area (Å²) in [5.41, 5.74) is 0.886. The SMILES string of the molecule is CC1=CCC2C(C=O)(CCC3C(C)(C)CCCC32C)C(=O)C1. The van der Waals surface area contributed by atoms with E-state index in [1.165, 1.54) is 19.3 Å². The minimum atomic E-state index is -0.715. The van der Waals surface area contributed by atoms with Crippen LogP contribution in [0.15, 0.2) is 11.6 Å². The van der Waals surface area contributed by atoms with Gasteiger partial charge in [-0.15, -0.1) is 0 Å². The van der Waals surface area contributed by atoms with E-state index in [1.54, 1.807) is 0 Å². The summed E-state index contributed by atoms with van der Waals surface area (Å²) >= 11 is 0. The molecule has 0 aromatic rings. The van der Waals surface area contributed by atoms with Gasteiger partial charge in [-0.25, -0.2) is 0 Å². The average molecular weight is 302 g/mol. The highest BCUT2D eigenvalue weighted by molar-refractivity contribution is 6.00. The number of hydrogen-bond acceptors (Lipinski definition) is 2. The molecule has 0 aromatic heterocycles. The van der Waals surface area contributed by atoms with Crippen molar-refractivity contribution in [1.82, 2.24) is 0 Å². The summed E-state index contributed by atoms with van der Waals surface area (Å²) in [6.07, 6.45) is 10.1. The zero-order valence-corrected chi connectivity index (χ0v) is 14.6. The highest BCUT2D eigenvalue weighted by atomic mass is 16.1. The van der Waals surface area contributed by atoms with Crippen LogP contribution in [-0.4, -0.2) is 12.1 Å². The highest BCUT2D eigenvalue weighted by Gasteiger charge is 2.61. The van der Waals surface area contributed by atoms with Crippen LogP contribution in [0.1, 0.15) is 72.6 Å². The van der Waals surface area contributed by atoms with Crippen molar-refractivity contribution >= 4 is 12.1 Å². The van der Waals surface area contributed by atoms with Gasteiger partial charge in [-0.3, -0.25) is 4.79 Å². The molecule has 0 aliphatic heterocycles. The summed E-state index contributed by atoms with van der Waals surface area (Å²) < 4.78 is 0. The van der Waals surface area contributed by atoms with E-state index in [1.807, 2.05) is 6.92 Å². The third-order valence-electron chi connectivity index (χ3n) is 7.41. The zero-order valence-electron chi connectivity index (χ0n) is 14.6. The van der Waals surface area contributed by atoms with Crippen LogP contribution in [-0.2, 0) is 9.59 Å². The first-order chi connectivity index (χ1) is 10.3. The van der Waals surface area contributed by atoms with Gasteiger partial charge in [-0.1, -0.05) is 38.8 Å². The molecule has 3 aliphatic rings.